The third kappa shape index (κ3) is 1.40. The SMILES string of the molecule is C=Cc1c(C)c[nH]c1N=CC. The number of rotatable bonds is 2. The molecule has 0 atom stereocenters. The molecule has 0 aliphatic heterocycles. The minimum absolute atomic E-state index is 0.889. The summed E-state index contributed by atoms with van der Waals surface area (Å²) in [6.45, 7) is 7.63. The van der Waals surface area contributed by atoms with E-state index in [0.717, 1.165) is 11.4 Å². The van der Waals surface area contributed by atoms with Crippen molar-refractivity contribution in [2.45, 2.75) is 13.8 Å². The Labute approximate surface area is 66.7 Å². The molecule has 1 rings (SSSR count). The van der Waals surface area contributed by atoms with Crippen molar-refractivity contribution in [2.75, 3.05) is 0 Å². The van der Waals surface area contributed by atoms with E-state index in [1.165, 1.54) is 5.56 Å². The molecule has 1 aromatic rings. The molecular weight excluding hydrogens is 136 g/mol. The lowest BCUT2D eigenvalue weighted by molar-refractivity contribution is 1.33. The fraction of sp³-hybridized carbons (Fsp3) is 0.222. The second-order valence-electron chi connectivity index (χ2n) is 2.33. The lowest BCUT2D eigenvalue weighted by Gasteiger charge is -1.91. The highest BCUT2D eigenvalue weighted by Crippen LogP contribution is 2.21. The van der Waals surface area contributed by atoms with Crippen LogP contribution in [0.1, 0.15) is 18.1 Å². The van der Waals surface area contributed by atoms with Crippen molar-refractivity contribution in [1.82, 2.24) is 4.98 Å². The first kappa shape index (κ1) is 7.79. The van der Waals surface area contributed by atoms with Crippen molar-refractivity contribution in [3.05, 3.63) is 23.9 Å². The van der Waals surface area contributed by atoms with Gasteiger partial charge in [-0.15, -0.1) is 0 Å². The summed E-state index contributed by atoms with van der Waals surface area (Å²) in [4.78, 5) is 7.20. The van der Waals surface area contributed by atoms with E-state index in [-0.39, 0.29) is 0 Å². The van der Waals surface area contributed by atoms with Crippen LogP contribution in [0.25, 0.3) is 6.08 Å². The van der Waals surface area contributed by atoms with E-state index < -0.39 is 0 Å². The van der Waals surface area contributed by atoms with Crippen molar-refractivity contribution in [1.29, 1.82) is 0 Å². The average Bonchev–Trinajstić information content (AvgIpc) is 2.33. The van der Waals surface area contributed by atoms with Gasteiger partial charge in [0.05, 0.1) is 0 Å². The van der Waals surface area contributed by atoms with Crippen LogP contribution in [-0.4, -0.2) is 11.2 Å². The first-order chi connectivity index (χ1) is 5.29. The number of aliphatic imine (C=N–C) groups is 1. The summed E-state index contributed by atoms with van der Waals surface area (Å²) in [7, 11) is 0. The molecule has 1 heterocycles. The van der Waals surface area contributed by atoms with Gasteiger partial charge in [0.2, 0.25) is 0 Å². The molecule has 1 aromatic heterocycles. The zero-order chi connectivity index (χ0) is 8.27. The van der Waals surface area contributed by atoms with E-state index in [4.69, 9.17) is 0 Å². The van der Waals surface area contributed by atoms with Crippen LogP contribution in [0.5, 0.6) is 0 Å². The largest absolute Gasteiger partial charge is 0.346 e. The highest BCUT2D eigenvalue weighted by Gasteiger charge is 2.00. The van der Waals surface area contributed by atoms with Crippen molar-refractivity contribution >= 4 is 18.1 Å². The Morgan fingerprint density at radius 3 is 2.91 bits per heavy atom. The summed E-state index contributed by atoms with van der Waals surface area (Å²) in [6.07, 6.45) is 5.51. The topological polar surface area (TPSA) is 28.1 Å². The standard InChI is InChI=1S/C9H12N2/c1-4-8-7(3)6-11-9(8)10-5-2/h4-6,11H,1H2,2-3H3. The fourth-order valence-electron chi connectivity index (χ4n) is 1.01. The van der Waals surface area contributed by atoms with E-state index in [1.807, 2.05) is 26.1 Å². The van der Waals surface area contributed by atoms with Crippen LogP contribution in [0.2, 0.25) is 0 Å². The van der Waals surface area contributed by atoms with Crippen LogP contribution in [0.3, 0.4) is 0 Å². The molecule has 0 saturated heterocycles. The Morgan fingerprint density at radius 2 is 2.36 bits per heavy atom. The van der Waals surface area contributed by atoms with E-state index in [2.05, 4.69) is 16.6 Å². The van der Waals surface area contributed by atoms with Gasteiger partial charge in [-0.3, -0.25) is 0 Å². The predicted octanol–water partition coefficient (Wildman–Crippen LogP) is 2.69. The van der Waals surface area contributed by atoms with Gasteiger partial charge in [-0.2, -0.15) is 0 Å². The van der Waals surface area contributed by atoms with Gasteiger partial charge in [0, 0.05) is 18.0 Å². The van der Waals surface area contributed by atoms with Crippen molar-refractivity contribution in [3.63, 3.8) is 0 Å². The van der Waals surface area contributed by atoms with Crippen LogP contribution in [-0.2, 0) is 0 Å². The molecule has 11 heavy (non-hydrogen) atoms. The van der Waals surface area contributed by atoms with Crippen LogP contribution in [0.15, 0.2) is 17.8 Å². The Morgan fingerprint density at radius 1 is 1.64 bits per heavy atom. The number of aromatic nitrogens is 1. The lowest BCUT2D eigenvalue weighted by atomic mass is 10.2. The maximum Gasteiger partial charge on any atom is 0.137 e. The van der Waals surface area contributed by atoms with Gasteiger partial charge in [0.15, 0.2) is 0 Å². The number of hydrogen-bond acceptors (Lipinski definition) is 1. The molecule has 2 nitrogen and oxygen atoms in total. The number of nitrogens with one attached hydrogen (secondary N) is 1. The number of aryl methyl sites for hydroxylation is 1. The third-order valence-corrected chi connectivity index (χ3v) is 1.57. The number of nitrogens with zero attached hydrogens (tertiary/aromatic N) is 1. The van der Waals surface area contributed by atoms with Crippen LogP contribution in [0, 0.1) is 6.92 Å². The summed E-state index contributed by atoms with van der Waals surface area (Å²) in [5.74, 6) is 0.889. The van der Waals surface area contributed by atoms with Gasteiger partial charge in [-0.1, -0.05) is 12.7 Å². The second-order valence-corrected chi connectivity index (χ2v) is 2.33. The molecule has 0 spiro atoms. The van der Waals surface area contributed by atoms with Gasteiger partial charge in [-0.25, -0.2) is 4.99 Å². The summed E-state index contributed by atoms with van der Waals surface area (Å²) >= 11 is 0. The van der Waals surface area contributed by atoms with Gasteiger partial charge < -0.3 is 4.98 Å². The van der Waals surface area contributed by atoms with Crippen molar-refractivity contribution < 1.29 is 0 Å². The van der Waals surface area contributed by atoms with Crippen LogP contribution >= 0.6 is 0 Å². The molecule has 0 aliphatic rings. The molecular formula is C9H12N2. The molecule has 0 radical (unpaired) electrons. The zero-order valence-electron chi connectivity index (χ0n) is 6.89. The number of H-pyrrole nitrogens is 1. The molecule has 1 N–H and O–H groups in total. The maximum atomic E-state index is 4.15. The number of hydrogen-bond donors (Lipinski definition) is 1. The first-order valence-corrected chi connectivity index (χ1v) is 3.58. The third-order valence-electron chi connectivity index (χ3n) is 1.57. The Kier molecular flexibility index (Phi) is 2.26. The highest BCUT2D eigenvalue weighted by molar-refractivity contribution is 5.68. The first-order valence-electron chi connectivity index (χ1n) is 3.58. The fourth-order valence-corrected chi connectivity index (χ4v) is 1.01. The quantitative estimate of drug-likeness (QED) is 0.624. The molecule has 0 bridgehead atoms. The van der Waals surface area contributed by atoms with Crippen LogP contribution < -0.4 is 0 Å². The van der Waals surface area contributed by atoms with E-state index >= 15 is 0 Å². The molecule has 0 aromatic carbocycles. The Bertz CT molecular complexity index is 282. The second kappa shape index (κ2) is 3.19. The maximum absolute atomic E-state index is 4.15. The summed E-state index contributed by atoms with van der Waals surface area (Å²) in [6, 6.07) is 0. The highest BCUT2D eigenvalue weighted by atomic mass is 14.9. The van der Waals surface area contributed by atoms with Crippen molar-refractivity contribution in [2.24, 2.45) is 4.99 Å². The van der Waals surface area contributed by atoms with E-state index in [1.54, 1.807) is 6.21 Å². The molecule has 0 unspecified atom stereocenters. The van der Waals surface area contributed by atoms with Gasteiger partial charge in [0.1, 0.15) is 5.82 Å². The molecule has 2 heteroatoms. The Hall–Kier alpha value is -1.31. The normalized spacial score (nSPS) is 10.7. The molecule has 0 aliphatic carbocycles. The molecule has 0 amide bonds. The molecule has 0 saturated carbocycles. The monoisotopic (exact) mass is 148 g/mol. The van der Waals surface area contributed by atoms with Crippen LogP contribution in [0.4, 0.5) is 5.82 Å². The van der Waals surface area contributed by atoms with Gasteiger partial charge in [-0.05, 0) is 19.4 Å². The van der Waals surface area contributed by atoms with Crippen molar-refractivity contribution in [3.8, 4) is 0 Å². The average molecular weight is 148 g/mol. The molecule has 58 valence electrons. The number of aromatic amines is 1. The molecule has 0 fully saturated rings. The minimum atomic E-state index is 0.889. The van der Waals surface area contributed by atoms with Gasteiger partial charge >= 0.3 is 0 Å². The lowest BCUT2D eigenvalue weighted by Crippen LogP contribution is -1.70. The zero-order valence-corrected chi connectivity index (χ0v) is 6.89. The van der Waals surface area contributed by atoms with E-state index in [9.17, 15) is 0 Å². The Balaban J connectivity index is 3.15. The summed E-state index contributed by atoms with van der Waals surface area (Å²) < 4.78 is 0. The predicted molar refractivity (Wildman–Crippen MR) is 49.4 cm³/mol. The summed E-state index contributed by atoms with van der Waals surface area (Å²) in [5, 5.41) is 0. The smallest absolute Gasteiger partial charge is 0.137 e. The van der Waals surface area contributed by atoms with Gasteiger partial charge in [0.25, 0.3) is 0 Å². The van der Waals surface area contributed by atoms with E-state index in [0.29, 0.717) is 0 Å². The minimum Gasteiger partial charge on any atom is -0.346 e. The summed E-state index contributed by atoms with van der Waals surface area (Å²) in [5.41, 5.74) is 2.27.